The van der Waals surface area contributed by atoms with Crippen molar-refractivity contribution in [2.75, 3.05) is 38.0 Å². The Kier molecular flexibility index (Phi) is 6.55. The topological polar surface area (TPSA) is 65.8 Å². The maximum Gasteiger partial charge on any atom is 0.336 e. The number of carbonyl (C=O) groups is 1. The fourth-order valence-corrected chi connectivity index (χ4v) is 4.41. The summed E-state index contributed by atoms with van der Waals surface area (Å²) >= 11 is 3.42. The largest absolute Gasteiger partial charge is 0.423 e. The number of para-hydroxylation sites is 1. The van der Waals surface area contributed by atoms with Crippen molar-refractivity contribution < 1.29 is 9.21 Å². The zero-order valence-corrected chi connectivity index (χ0v) is 19.4. The molecule has 0 spiro atoms. The molecule has 1 aliphatic heterocycles. The van der Waals surface area contributed by atoms with Crippen molar-refractivity contribution in [3.05, 3.63) is 74.0 Å². The van der Waals surface area contributed by atoms with Crippen LogP contribution in [0.15, 0.2) is 56.1 Å². The van der Waals surface area contributed by atoms with E-state index in [1.165, 1.54) is 0 Å². The number of benzene rings is 2. The number of nitrogens with one attached hydrogen (secondary N) is 1. The minimum atomic E-state index is -0.331. The summed E-state index contributed by atoms with van der Waals surface area (Å²) in [5.74, 6) is 0.0167. The third kappa shape index (κ3) is 5.23. The fourth-order valence-electron chi connectivity index (χ4n) is 4.07. The van der Waals surface area contributed by atoms with Crippen LogP contribution >= 0.6 is 15.9 Å². The molecule has 1 aromatic heterocycles. The summed E-state index contributed by atoms with van der Waals surface area (Å²) in [6.45, 7) is 8.39. The summed E-state index contributed by atoms with van der Waals surface area (Å²) in [6, 6.07) is 13.4. The summed E-state index contributed by atoms with van der Waals surface area (Å²) < 4.78 is 6.22. The second kappa shape index (κ2) is 9.34. The van der Waals surface area contributed by atoms with Gasteiger partial charge in [-0.2, -0.15) is 0 Å². The summed E-state index contributed by atoms with van der Waals surface area (Å²) in [7, 11) is 0. The lowest BCUT2D eigenvalue weighted by Gasteiger charge is -2.34. The Hall–Kier alpha value is -2.48. The van der Waals surface area contributed by atoms with E-state index in [0.717, 1.165) is 58.4 Å². The van der Waals surface area contributed by atoms with E-state index in [1.807, 2.05) is 50.2 Å². The average molecular weight is 484 g/mol. The van der Waals surface area contributed by atoms with E-state index < -0.39 is 0 Å². The minimum Gasteiger partial charge on any atom is -0.423 e. The van der Waals surface area contributed by atoms with Gasteiger partial charge in [0.2, 0.25) is 5.91 Å². The molecule has 1 fully saturated rings. The molecule has 0 saturated carbocycles. The number of aryl methyl sites for hydroxylation is 2. The molecular formula is C24H26BrN3O3. The smallest absolute Gasteiger partial charge is 0.336 e. The third-order valence-electron chi connectivity index (χ3n) is 5.76. The van der Waals surface area contributed by atoms with Crippen LogP contribution in [0.5, 0.6) is 0 Å². The molecule has 2 aromatic carbocycles. The molecule has 6 nitrogen and oxygen atoms in total. The van der Waals surface area contributed by atoms with E-state index in [9.17, 15) is 9.59 Å². The number of carbonyl (C=O) groups excluding carboxylic acids is 1. The normalized spacial score (nSPS) is 15.3. The van der Waals surface area contributed by atoms with Gasteiger partial charge in [-0.3, -0.25) is 14.6 Å². The molecular weight excluding hydrogens is 458 g/mol. The van der Waals surface area contributed by atoms with Gasteiger partial charge < -0.3 is 9.73 Å². The molecule has 31 heavy (non-hydrogen) atoms. The molecule has 162 valence electrons. The van der Waals surface area contributed by atoms with Crippen molar-refractivity contribution in [1.82, 2.24) is 9.80 Å². The maximum atomic E-state index is 12.6. The first kappa shape index (κ1) is 21.7. The van der Waals surface area contributed by atoms with Crippen LogP contribution in [-0.4, -0.2) is 48.4 Å². The number of rotatable bonds is 5. The van der Waals surface area contributed by atoms with Crippen LogP contribution in [0.3, 0.4) is 0 Å². The van der Waals surface area contributed by atoms with Crippen molar-refractivity contribution >= 4 is 38.5 Å². The van der Waals surface area contributed by atoms with Gasteiger partial charge in [0.1, 0.15) is 5.58 Å². The Morgan fingerprint density at radius 3 is 2.42 bits per heavy atom. The summed E-state index contributed by atoms with van der Waals surface area (Å²) in [5, 5.41) is 4.02. The van der Waals surface area contributed by atoms with Gasteiger partial charge in [0.15, 0.2) is 0 Å². The van der Waals surface area contributed by atoms with E-state index in [1.54, 1.807) is 6.07 Å². The molecule has 1 N–H and O–H groups in total. The lowest BCUT2D eigenvalue weighted by Crippen LogP contribution is -2.48. The van der Waals surface area contributed by atoms with Gasteiger partial charge in [-0.15, -0.1) is 0 Å². The number of halogens is 1. The van der Waals surface area contributed by atoms with Crippen LogP contribution in [0.1, 0.15) is 16.7 Å². The molecule has 0 unspecified atom stereocenters. The second-order valence-corrected chi connectivity index (χ2v) is 9.01. The van der Waals surface area contributed by atoms with E-state index in [-0.39, 0.29) is 11.5 Å². The van der Waals surface area contributed by atoms with Crippen LogP contribution in [0.25, 0.3) is 11.0 Å². The number of amides is 1. The second-order valence-electron chi connectivity index (χ2n) is 8.10. The highest BCUT2D eigenvalue weighted by molar-refractivity contribution is 9.10. The molecule has 3 aromatic rings. The quantitative estimate of drug-likeness (QED) is 0.556. The number of nitrogens with zero attached hydrogens (tertiary/aromatic N) is 2. The predicted molar refractivity (Wildman–Crippen MR) is 126 cm³/mol. The van der Waals surface area contributed by atoms with E-state index >= 15 is 0 Å². The molecule has 4 rings (SSSR count). The van der Waals surface area contributed by atoms with Crippen molar-refractivity contribution in [2.24, 2.45) is 0 Å². The number of piperazine rings is 1. The van der Waals surface area contributed by atoms with Gasteiger partial charge in [-0.05, 0) is 48.7 Å². The molecule has 7 heteroatoms. The molecule has 1 saturated heterocycles. The lowest BCUT2D eigenvalue weighted by molar-refractivity contribution is -0.117. The highest BCUT2D eigenvalue weighted by atomic mass is 79.9. The Morgan fingerprint density at radius 1 is 1.03 bits per heavy atom. The highest BCUT2D eigenvalue weighted by Crippen LogP contribution is 2.23. The van der Waals surface area contributed by atoms with Gasteiger partial charge in [-0.25, -0.2) is 4.79 Å². The zero-order valence-electron chi connectivity index (χ0n) is 17.8. The van der Waals surface area contributed by atoms with Crippen LogP contribution in [0.2, 0.25) is 0 Å². The number of hydrogen-bond acceptors (Lipinski definition) is 5. The van der Waals surface area contributed by atoms with Gasteiger partial charge in [-0.1, -0.05) is 34.1 Å². The van der Waals surface area contributed by atoms with Gasteiger partial charge in [0, 0.05) is 54.3 Å². The van der Waals surface area contributed by atoms with Crippen molar-refractivity contribution in [1.29, 1.82) is 0 Å². The molecule has 2 heterocycles. The Morgan fingerprint density at radius 2 is 1.71 bits per heavy atom. The van der Waals surface area contributed by atoms with Crippen LogP contribution in [0.4, 0.5) is 5.69 Å². The molecule has 0 aliphatic carbocycles. The molecule has 0 atom stereocenters. The average Bonchev–Trinajstić information content (AvgIpc) is 2.72. The molecule has 0 bridgehead atoms. The first-order chi connectivity index (χ1) is 14.9. The third-order valence-corrected chi connectivity index (χ3v) is 6.26. The van der Waals surface area contributed by atoms with Crippen LogP contribution in [0, 0.1) is 13.8 Å². The standard InChI is InChI=1S/C24H26BrN3O3/c1-16-4-3-5-17(2)24(16)26-22(29)15-28-10-8-27(9-11-28)14-18-12-23(30)31-21-13-19(25)6-7-20(18)21/h3-7,12-13H,8-11,14-15H2,1-2H3,(H,26,29). The highest BCUT2D eigenvalue weighted by Gasteiger charge is 2.20. The Labute approximate surface area is 190 Å². The van der Waals surface area contributed by atoms with Gasteiger partial charge in [0.25, 0.3) is 0 Å². The van der Waals surface area contributed by atoms with Gasteiger partial charge in [0.05, 0.1) is 6.54 Å². The maximum absolute atomic E-state index is 12.6. The monoisotopic (exact) mass is 483 g/mol. The number of hydrogen-bond donors (Lipinski definition) is 1. The number of fused-ring (bicyclic) bond motifs is 1. The van der Waals surface area contributed by atoms with Crippen molar-refractivity contribution in [3.63, 3.8) is 0 Å². The molecule has 1 amide bonds. The van der Waals surface area contributed by atoms with E-state index in [2.05, 4.69) is 31.0 Å². The first-order valence-electron chi connectivity index (χ1n) is 10.4. The Bertz CT molecular complexity index is 1150. The lowest BCUT2D eigenvalue weighted by atomic mass is 10.1. The van der Waals surface area contributed by atoms with Crippen LogP contribution < -0.4 is 10.9 Å². The Balaban J connectivity index is 1.35. The van der Waals surface area contributed by atoms with Gasteiger partial charge >= 0.3 is 5.63 Å². The first-order valence-corrected chi connectivity index (χ1v) is 11.2. The minimum absolute atomic E-state index is 0.0167. The summed E-state index contributed by atoms with van der Waals surface area (Å²) in [4.78, 5) is 29.0. The zero-order chi connectivity index (χ0) is 22.0. The molecule has 0 radical (unpaired) electrons. The van der Waals surface area contributed by atoms with Crippen molar-refractivity contribution in [3.8, 4) is 0 Å². The summed E-state index contributed by atoms with van der Waals surface area (Å²) in [6.07, 6.45) is 0. The number of anilines is 1. The fraction of sp³-hybridized carbons (Fsp3) is 0.333. The molecule has 1 aliphatic rings. The van der Waals surface area contributed by atoms with E-state index in [0.29, 0.717) is 18.7 Å². The van der Waals surface area contributed by atoms with Crippen LogP contribution in [-0.2, 0) is 11.3 Å². The van der Waals surface area contributed by atoms with E-state index in [4.69, 9.17) is 4.42 Å². The SMILES string of the molecule is Cc1cccc(C)c1NC(=O)CN1CCN(Cc2cc(=O)oc3cc(Br)ccc23)CC1. The van der Waals surface area contributed by atoms with Crippen molar-refractivity contribution in [2.45, 2.75) is 20.4 Å². The predicted octanol–water partition coefficient (Wildman–Crippen LogP) is 3.93. The summed E-state index contributed by atoms with van der Waals surface area (Å²) in [5.41, 5.74) is 4.29.